The topological polar surface area (TPSA) is 170 Å². The predicted molar refractivity (Wildman–Crippen MR) is 176 cm³/mol. The number of anilines is 1. The molecular weight excluding hydrogens is 655 g/mol. The van der Waals surface area contributed by atoms with Gasteiger partial charge in [-0.2, -0.15) is 0 Å². The molecule has 1 aliphatic carbocycles. The fourth-order valence-corrected chi connectivity index (χ4v) is 10.8. The normalized spacial score (nSPS) is 26.4. The van der Waals surface area contributed by atoms with Gasteiger partial charge in [0.15, 0.2) is 0 Å². The largest absolute Gasteiger partial charge is 0.369 e. The molecule has 4 saturated heterocycles. The minimum Gasteiger partial charge on any atom is -0.369 e. The Hall–Kier alpha value is -3.43. The average Bonchev–Trinajstić information content (AvgIpc) is 3.33. The van der Waals surface area contributed by atoms with E-state index in [9.17, 15) is 32.4 Å². The van der Waals surface area contributed by atoms with Gasteiger partial charge in [-0.25, -0.2) is 17.1 Å². The molecule has 5 amide bonds. The van der Waals surface area contributed by atoms with Gasteiger partial charge < -0.3 is 15.5 Å². The van der Waals surface area contributed by atoms with Gasteiger partial charge in [-0.1, -0.05) is 0 Å². The van der Waals surface area contributed by atoms with E-state index in [0.29, 0.717) is 65.0 Å². The van der Waals surface area contributed by atoms with Gasteiger partial charge in [0.25, 0.3) is 11.8 Å². The van der Waals surface area contributed by atoms with E-state index in [4.69, 9.17) is 5.73 Å². The first-order chi connectivity index (χ1) is 23.4. The summed E-state index contributed by atoms with van der Waals surface area (Å²) in [5.41, 5.74) is 6.23. The Labute approximate surface area is 285 Å². The first kappa shape index (κ1) is 34.0. The Kier molecular flexibility index (Phi) is 9.05. The molecule has 1 spiro atoms. The quantitative estimate of drug-likeness (QED) is 0.435. The Morgan fingerprint density at radius 1 is 0.816 bits per heavy atom. The van der Waals surface area contributed by atoms with Crippen molar-refractivity contribution in [2.75, 3.05) is 44.2 Å². The molecule has 5 aliphatic heterocycles. The van der Waals surface area contributed by atoms with Crippen molar-refractivity contribution in [3.05, 3.63) is 29.1 Å². The molecule has 266 valence electrons. The molecular formula is C34H45FN6O7S. The molecule has 13 nitrogen and oxygen atoms in total. The average molecular weight is 701 g/mol. The van der Waals surface area contributed by atoms with Crippen LogP contribution in [0.4, 0.5) is 10.1 Å². The van der Waals surface area contributed by atoms with E-state index in [-0.39, 0.29) is 52.9 Å². The molecule has 1 aromatic rings. The summed E-state index contributed by atoms with van der Waals surface area (Å²) in [6, 6.07) is 1.45. The van der Waals surface area contributed by atoms with E-state index in [1.54, 1.807) is 4.31 Å². The molecule has 1 unspecified atom stereocenters. The number of imide groups is 2. The van der Waals surface area contributed by atoms with Crippen LogP contribution in [0, 0.1) is 17.2 Å². The molecule has 6 aliphatic rings. The maximum atomic E-state index is 15.4. The second kappa shape index (κ2) is 13.0. The minimum atomic E-state index is -3.39. The van der Waals surface area contributed by atoms with Crippen LogP contribution in [0.25, 0.3) is 0 Å². The van der Waals surface area contributed by atoms with E-state index in [0.717, 1.165) is 49.5 Å². The highest BCUT2D eigenvalue weighted by Gasteiger charge is 2.46. The predicted octanol–water partition coefficient (Wildman–Crippen LogP) is 1.75. The van der Waals surface area contributed by atoms with Crippen LogP contribution < -0.4 is 16.0 Å². The number of benzene rings is 1. The van der Waals surface area contributed by atoms with Crippen LogP contribution in [0.3, 0.4) is 0 Å². The standard InChI is InChI=1S/C34H45FN6O7S/c35-26-19-24-25(33(46)41(32(24)45)27-1-2-29(42)37-30(27)43)20-28(26)38-17-11-34(12-18-38)9-3-21(4-10-34)31(44)39-13-7-23(8-14-39)49(47,48)40-15-5-22(36)6-16-40/h19-23,27H,1-18,36H2,(H,37,42,43). The van der Waals surface area contributed by atoms with Crippen molar-refractivity contribution in [3.63, 3.8) is 0 Å². The zero-order chi connectivity index (χ0) is 34.7. The van der Waals surface area contributed by atoms with Gasteiger partial charge in [0.1, 0.15) is 11.9 Å². The van der Waals surface area contributed by atoms with Crippen LogP contribution in [0.5, 0.6) is 0 Å². The Bertz CT molecular complexity index is 1650. The Morgan fingerprint density at radius 2 is 1.43 bits per heavy atom. The zero-order valence-electron chi connectivity index (χ0n) is 27.7. The third kappa shape index (κ3) is 6.26. The second-order valence-electron chi connectivity index (χ2n) is 14.9. The van der Waals surface area contributed by atoms with Gasteiger partial charge in [0.05, 0.1) is 22.1 Å². The van der Waals surface area contributed by atoms with Crippen LogP contribution in [-0.2, 0) is 24.4 Å². The van der Waals surface area contributed by atoms with E-state index >= 15 is 4.39 Å². The lowest BCUT2D eigenvalue weighted by atomic mass is 9.65. The summed E-state index contributed by atoms with van der Waals surface area (Å²) in [7, 11) is -3.39. The minimum absolute atomic E-state index is 0.00839. The molecule has 1 aromatic carbocycles. The fourth-order valence-electron chi connectivity index (χ4n) is 8.89. The second-order valence-corrected chi connectivity index (χ2v) is 17.1. The summed E-state index contributed by atoms with van der Waals surface area (Å²) in [4.78, 5) is 68.4. The van der Waals surface area contributed by atoms with Crippen molar-refractivity contribution < 1.29 is 36.8 Å². The number of carbonyl (C=O) groups excluding carboxylic acids is 5. The summed E-state index contributed by atoms with van der Waals surface area (Å²) in [5, 5.41) is 1.71. The molecule has 5 heterocycles. The van der Waals surface area contributed by atoms with Gasteiger partial charge in [-0.15, -0.1) is 0 Å². The summed E-state index contributed by atoms with van der Waals surface area (Å²) < 4.78 is 43.4. The number of likely N-dealkylation sites (tertiary alicyclic amines) is 1. The molecule has 5 fully saturated rings. The molecule has 0 aromatic heterocycles. The number of hydrogen-bond donors (Lipinski definition) is 2. The maximum absolute atomic E-state index is 15.4. The summed E-state index contributed by atoms with van der Waals surface area (Å²) in [6.45, 7) is 2.99. The third-order valence-corrected chi connectivity index (χ3v) is 14.5. The smallest absolute Gasteiger partial charge is 0.262 e. The summed E-state index contributed by atoms with van der Waals surface area (Å²) >= 11 is 0. The van der Waals surface area contributed by atoms with Gasteiger partial charge in [0.2, 0.25) is 27.7 Å². The van der Waals surface area contributed by atoms with Crippen LogP contribution in [0.2, 0.25) is 0 Å². The number of nitrogens with one attached hydrogen (secondary N) is 1. The number of rotatable bonds is 5. The van der Waals surface area contributed by atoms with E-state index in [1.165, 1.54) is 6.07 Å². The fraction of sp³-hybridized carbons (Fsp3) is 0.676. The monoisotopic (exact) mass is 700 g/mol. The van der Waals surface area contributed by atoms with Gasteiger partial charge in [-0.3, -0.25) is 34.2 Å². The molecule has 1 saturated carbocycles. The number of nitrogens with two attached hydrogens (primary N) is 1. The number of fused-ring (bicyclic) bond motifs is 1. The highest BCUT2D eigenvalue weighted by atomic mass is 32.2. The SMILES string of the molecule is NC1CCN(S(=O)(=O)C2CCN(C(=O)C3CCC4(CC3)CCN(c3cc5c(cc3F)C(=O)N(C3CCC(=O)NC3=O)C5=O)CC4)CC2)CC1. The summed E-state index contributed by atoms with van der Waals surface area (Å²) in [6.07, 6.45) is 7.24. The van der Waals surface area contributed by atoms with Gasteiger partial charge in [0, 0.05) is 57.6 Å². The lowest BCUT2D eigenvalue weighted by Gasteiger charge is -2.47. The van der Waals surface area contributed by atoms with Crippen molar-refractivity contribution in [1.29, 1.82) is 0 Å². The highest BCUT2D eigenvalue weighted by molar-refractivity contribution is 7.89. The van der Waals surface area contributed by atoms with Crippen molar-refractivity contribution in [2.24, 2.45) is 17.1 Å². The zero-order valence-corrected chi connectivity index (χ0v) is 28.5. The number of piperidine rings is 4. The van der Waals surface area contributed by atoms with Crippen molar-refractivity contribution in [1.82, 2.24) is 19.4 Å². The van der Waals surface area contributed by atoms with Crippen LogP contribution in [0.15, 0.2) is 12.1 Å². The maximum Gasteiger partial charge on any atom is 0.262 e. The number of nitrogens with zero attached hydrogens (tertiary/aromatic N) is 4. The van der Waals surface area contributed by atoms with Crippen molar-refractivity contribution in [3.8, 4) is 0 Å². The Morgan fingerprint density at radius 3 is 2.04 bits per heavy atom. The number of amides is 5. The molecule has 15 heteroatoms. The van der Waals surface area contributed by atoms with Gasteiger partial charge >= 0.3 is 0 Å². The number of halogens is 1. The van der Waals surface area contributed by atoms with E-state index in [2.05, 4.69) is 5.32 Å². The molecule has 7 rings (SSSR count). The van der Waals surface area contributed by atoms with Crippen molar-refractivity contribution >= 4 is 45.2 Å². The van der Waals surface area contributed by atoms with Crippen LogP contribution in [0.1, 0.15) is 97.8 Å². The number of carbonyl (C=O) groups is 5. The molecule has 1 atom stereocenters. The number of sulfonamides is 1. The summed E-state index contributed by atoms with van der Waals surface area (Å²) in [5.74, 6) is -3.13. The Balaban J connectivity index is 0.917. The van der Waals surface area contributed by atoms with Crippen LogP contribution in [-0.4, -0.2) is 109 Å². The lowest BCUT2D eigenvalue weighted by Crippen LogP contribution is -2.54. The number of hydrogen-bond acceptors (Lipinski definition) is 9. The first-order valence-electron chi connectivity index (χ1n) is 17.7. The van der Waals surface area contributed by atoms with E-state index in [1.807, 2.05) is 9.80 Å². The third-order valence-electron chi connectivity index (χ3n) is 12.1. The molecule has 0 bridgehead atoms. The first-order valence-corrected chi connectivity index (χ1v) is 19.2. The van der Waals surface area contributed by atoms with E-state index < -0.39 is 50.8 Å². The van der Waals surface area contributed by atoms with Crippen LogP contribution >= 0.6 is 0 Å². The lowest BCUT2D eigenvalue weighted by molar-refractivity contribution is -0.138. The molecule has 0 radical (unpaired) electrons. The highest BCUT2D eigenvalue weighted by Crippen LogP contribution is 2.48. The van der Waals surface area contributed by atoms with Crippen molar-refractivity contribution in [2.45, 2.75) is 94.4 Å². The van der Waals surface area contributed by atoms with Gasteiger partial charge in [-0.05, 0) is 88.2 Å². The molecule has 3 N–H and O–H groups in total. The molecule has 49 heavy (non-hydrogen) atoms.